The maximum Gasteiger partial charge on any atom is 0.410 e. The monoisotopic (exact) mass is 430 g/mol. The molecule has 0 bridgehead atoms. The number of carbonyl (C=O) groups is 1. The maximum absolute atomic E-state index is 13.2. The highest BCUT2D eigenvalue weighted by Crippen LogP contribution is 2.24. The SMILES string of the molecule is CN1C[C@H](Cc2ccccc2)N(C(=O)OC(C)(C)C)C[C@H]1Cc1ccc2ccccc2c1. The number of likely N-dealkylation sites (N-methyl/N-ethyl adjacent to an activating group) is 1. The molecule has 0 unspecified atom stereocenters. The molecule has 0 aliphatic carbocycles. The van der Waals surface area contributed by atoms with E-state index in [9.17, 15) is 4.79 Å². The van der Waals surface area contributed by atoms with Crippen LogP contribution in [0.3, 0.4) is 0 Å². The van der Waals surface area contributed by atoms with Crippen molar-refractivity contribution in [2.24, 2.45) is 0 Å². The Morgan fingerprint density at radius 3 is 2.22 bits per heavy atom. The van der Waals surface area contributed by atoms with E-state index in [0.717, 1.165) is 19.4 Å². The summed E-state index contributed by atoms with van der Waals surface area (Å²) in [5.41, 5.74) is 2.03. The molecule has 1 saturated heterocycles. The van der Waals surface area contributed by atoms with E-state index in [0.29, 0.717) is 6.54 Å². The second-order valence-electron chi connectivity index (χ2n) is 9.96. The predicted octanol–water partition coefficient (Wildman–Crippen LogP) is 5.54. The lowest BCUT2D eigenvalue weighted by Crippen LogP contribution is -2.60. The van der Waals surface area contributed by atoms with Crippen LogP contribution >= 0.6 is 0 Å². The first-order valence-electron chi connectivity index (χ1n) is 11.5. The topological polar surface area (TPSA) is 32.8 Å². The number of carbonyl (C=O) groups excluding carboxylic acids is 1. The number of benzene rings is 3. The second kappa shape index (κ2) is 9.33. The highest BCUT2D eigenvalue weighted by atomic mass is 16.6. The third-order valence-electron chi connectivity index (χ3n) is 6.20. The van der Waals surface area contributed by atoms with Gasteiger partial charge in [0.15, 0.2) is 0 Å². The van der Waals surface area contributed by atoms with E-state index in [1.807, 2.05) is 31.7 Å². The first-order valence-corrected chi connectivity index (χ1v) is 11.5. The van der Waals surface area contributed by atoms with Crippen molar-refractivity contribution in [1.82, 2.24) is 9.80 Å². The summed E-state index contributed by atoms with van der Waals surface area (Å²) in [5, 5.41) is 2.51. The zero-order valence-electron chi connectivity index (χ0n) is 19.6. The van der Waals surface area contributed by atoms with Gasteiger partial charge in [0.2, 0.25) is 0 Å². The van der Waals surface area contributed by atoms with Gasteiger partial charge in [0.25, 0.3) is 0 Å². The van der Waals surface area contributed by atoms with Gasteiger partial charge < -0.3 is 9.64 Å². The Balaban J connectivity index is 1.54. The van der Waals surface area contributed by atoms with Crippen LogP contribution in [-0.4, -0.2) is 53.7 Å². The van der Waals surface area contributed by atoms with Crippen molar-refractivity contribution < 1.29 is 9.53 Å². The fourth-order valence-electron chi connectivity index (χ4n) is 4.56. The van der Waals surface area contributed by atoms with Crippen molar-refractivity contribution in [3.63, 3.8) is 0 Å². The Morgan fingerprint density at radius 2 is 1.50 bits per heavy atom. The smallest absolute Gasteiger partial charge is 0.410 e. The second-order valence-corrected chi connectivity index (χ2v) is 9.96. The van der Waals surface area contributed by atoms with Gasteiger partial charge in [0.05, 0.1) is 6.04 Å². The summed E-state index contributed by atoms with van der Waals surface area (Å²) >= 11 is 0. The van der Waals surface area contributed by atoms with Crippen LogP contribution in [0.2, 0.25) is 0 Å². The lowest BCUT2D eigenvalue weighted by molar-refractivity contribution is -0.0106. The van der Waals surface area contributed by atoms with Gasteiger partial charge in [-0.3, -0.25) is 4.90 Å². The Bertz CT molecular complexity index is 1060. The van der Waals surface area contributed by atoms with Gasteiger partial charge in [-0.2, -0.15) is 0 Å². The Morgan fingerprint density at radius 1 is 0.844 bits per heavy atom. The fourth-order valence-corrected chi connectivity index (χ4v) is 4.56. The third-order valence-corrected chi connectivity index (χ3v) is 6.20. The molecular weight excluding hydrogens is 396 g/mol. The summed E-state index contributed by atoms with van der Waals surface area (Å²) < 4.78 is 5.81. The van der Waals surface area contributed by atoms with E-state index in [2.05, 4.69) is 78.7 Å². The molecule has 0 spiro atoms. The molecule has 0 radical (unpaired) electrons. The maximum atomic E-state index is 13.2. The van der Waals surface area contributed by atoms with Crippen LogP contribution in [0.4, 0.5) is 4.79 Å². The van der Waals surface area contributed by atoms with Gasteiger partial charge in [-0.1, -0.05) is 72.8 Å². The minimum Gasteiger partial charge on any atom is -0.444 e. The molecule has 4 heteroatoms. The number of hydrogen-bond donors (Lipinski definition) is 0. The predicted molar refractivity (Wildman–Crippen MR) is 131 cm³/mol. The zero-order chi connectivity index (χ0) is 22.7. The van der Waals surface area contributed by atoms with E-state index < -0.39 is 5.60 Å². The first-order chi connectivity index (χ1) is 15.3. The van der Waals surface area contributed by atoms with Gasteiger partial charge in [-0.15, -0.1) is 0 Å². The molecule has 2 atom stereocenters. The number of nitrogens with zero attached hydrogens (tertiary/aromatic N) is 2. The minimum absolute atomic E-state index is 0.0881. The molecule has 3 aromatic rings. The number of rotatable bonds is 4. The van der Waals surface area contributed by atoms with E-state index in [4.69, 9.17) is 4.74 Å². The fraction of sp³-hybridized carbons (Fsp3) is 0.393. The molecule has 0 N–H and O–H groups in total. The summed E-state index contributed by atoms with van der Waals surface area (Å²) in [4.78, 5) is 17.5. The number of ether oxygens (including phenoxy) is 1. The van der Waals surface area contributed by atoms with Crippen molar-refractivity contribution in [2.75, 3.05) is 20.1 Å². The summed E-state index contributed by atoms with van der Waals surface area (Å²) in [6.45, 7) is 7.28. The Kier molecular flexibility index (Phi) is 6.52. The molecule has 3 aromatic carbocycles. The van der Waals surface area contributed by atoms with Crippen molar-refractivity contribution >= 4 is 16.9 Å². The molecule has 168 valence electrons. The average Bonchev–Trinajstić information content (AvgIpc) is 2.75. The first kappa shape index (κ1) is 22.3. The highest BCUT2D eigenvalue weighted by molar-refractivity contribution is 5.83. The van der Waals surface area contributed by atoms with E-state index in [-0.39, 0.29) is 18.2 Å². The van der Waals surface area contributed by atoms with Gasteiger partial charge in [0.1, 0.15) is 5.60 Å². The van der Waals surface area contributed by atoms with Crippen molar-refractivity contribution in [1.29, 1.82) is 0 Å². The summed E-state index contributed by atoms with van der Waals surface area (Å²) in [6, 6.07) is 25.9. The summed E-state index contributed by atoms with van der Waals surface area (Å²) in [6.07, 6.45) is 1.52. The normalized spacial score (nSPS) is 19.8. The molecule has 1 aliphatic heterocycles. The van der Waals surface area contributed by atoms with Crippen LogP contribution in [0.5, 0.6) is 0 Å². The van der Waals surface area contributed by atoms with Gasteiger partial charge in [0, 0.05) is 19.1 Å². The minimum atomic E-state index is -0.508. The van der Waals surface area contributed by atoms with E-state index in [1.165, 1.54) is 21.9 Å². The van der Waals surface area contributed by atoms with Crippen LogP contribution in [0.25, 0.3) is 10.8 Å². The summed E-state index contributed by atoms with van der Waals surface area (Å²) in [5.74, 6) is 0. The number of piperazine rings is 1. The molecule has 1 heterocycles. The number of amides is 1. The molecule has 1 fully saturated rings. The molecule has 4 rings (SSSR count). The quantitative estimate of drug-likeness (QED) is 0.544. The van der Waals surface area contributed by atoms with Crippen molar-refractivity contribution in [3.8, 4) is 0 Å². The molecular formula is C28H34N2O2. The van der Waals surface area contributed by atoms with Crippen LogP contribution in [0.15, 0.2) is 72.8 Å². The molecule has 1 amide bonds. The molecule has 0 saturated carbocycles. The molecule has 0 aromatic heterocycles. The van der Waals surface area contributed by atoms with Crippen LogP contribution in [-0.2, 0) is 17.6 Å². The number of hydrogen-bond acceptors (Lipinski definition) is 3. The van der Waals surface area contributed by atoms with E-state index >= 15 is 0 Å². The Labute approximate surface area is 191 Å². The largest absolute Gasteiger partial charge is 0.444 e. The molecule has 4 nitrogen and oxygen atoms in total. The van der Waals surface area contributed by atoms with Crippen LogP contribution < -0.4 is 0 Å². The van der Waals surface area contributed by atoms with Crippen LogP contribution in [0.1, 0.15) is 31.9 Å². The van der Waals surface area contributed by atoms with Crippen molar-refractivity contribution in [3.05, 3.63) is 83.9 Å². The zero-order valence-corrected chi connectivity index (χ0v) is 19.6. The molecule has 32 heavy (non-hydrogen) atoms. The van der Waals surface area contributed by atoms with Crippen LogP contribution in [0, 0.1) is 0 Å². The number of fused-ring (bicyclic) bond motifs is 1. The van der Waals surface area contributed by atoms with Gasteiger partial charge in [-0.25, -0.2) is 4.79 Å². The average molecular weight is 431 g/mol. The third kappa shape index (κ3) is 5.49. The highest BCUT2D eigenvalue weighted by Gasteiger charge is 2.37. The molecule has 1 aliphatic rings. The van der Waals surface area contributed by atoms with Gasteiger partial charge >= 0.3 is 6.09 Å². The van der Waals surface area contributed by atoms with Crippen molar-refractivity contribution in [2.45, 2.75) is 51.3 Å². The standard InChI is InChI=1S/C28H34N2O2/c1-28(2,3)32-27(31)30-20-25(18-22-14-15-23-12-8-9-13-24(23)16-22)29(4)19-26(30)17-21-10-6-5-7-11-21/h5-16,25-26H,17-20H2,1-4H3/t25-,26+/m1/s1. The van der Waals surface area contributed by atoms with Gasteiger partial charge in [-0.05, 0) is 62.6 Å². The van der Waals surface area contributed by atoms with E-state index in [1.54, 1.807) is 0 Å². The Hall–Kier alpha value is -2.85. The lowest BCUT2D eigenvalue weighted by atomic mass is 9.95. The lowest BCUT2D eigenvalue weighted by Gasteiger charge is -2.45. The summed E-state index contributed by atoms with van der Waals surface area (Å²) in [7, 11) is 2.18.